The number of urea groups is 1. The van der Waals surface area contributed by atoms with E-state index in [4.69, 9.17) is 23.2 Å². The van der Waals surface area contributed by atoms with Crippen LogP contribution in [0, 0.1) is 6.92 Å². The number of alkyl halides is 3. The van der Waals surface area contributed by atoms with Crippen molar-refractivity contribution >= 4 is 46.7 Å². The number of aromatic nitrogens is 3. The third-order valence-corrected chi connectivity index (χ3v) is 7.01. The molecule has 0 saturated heterocycles. The van der Waals surface area contributed by atoms with Gasteiger partial charge >= 0.3 is 12.2 Å². The van der Waals surface area contributed by atoms with Gasteiger partial charge in [-0.1, -0.05) is 76.9 Å². The van der Waals surface area contributed by atoms with E-state index in [0.717, 1.165) is 17.2 Å². The second kappa shape index (κ2) is 11.7. The first-order valence-corrected chi connectivity index (χ1v) is 13.1. The number of carbonyl (C=O) groups is 1. The van der Waals surface area contributed by atoms with Crippen molar-refractivity contribution in [2.24, 2.45) is 0 Å². The second-order valence-electron chi connectivity index (χ2n) is 8.41. The highest BCUT2D eigenvalue weighted by molar-refractivity contribution is 7.98. The number of hydrogen-bond donors (Lipinski definition) is 2. The topological polar surface area (TPSA) is 71.8 Å². The van der Waals surface area contributed by atoms with Gasteiger partial charge in [0.15, 0.2) is 11.0 Å². The maximum atomic E-state index is 13.3. The third kappa shape index (κ3) is 6.61. The summed E-state index contributed by atoms with van der Waals surface area (Å²) in [5, 5.41) is 14.8. The molecule has 1 unspecified atom stereocenters. The number of thioether (sulfide) groups is 1. The molecule has 0 aliphatic heterocycles. The highest BCUT2D eigenvalue weighted by Crippen LogP contribution is 2.35. The van der Waals surface area contributed by atoms with Gasteiger partial charge in [-0.3, -0.25) is 4.57 Å². The molecule has 12 heteroatoms. The summed E-state index contributed by atoms with van der Waals surface area (Å²) < 4.78 is 41.7. The average molecular weight is 580 g/mol. The van der Waals surface area contributed by atoms with E-state index in [2.05, 4.69) is 26.9 Å². The number of aryl methyl sites for hydroxylation is 1. The van der Waals surface area contributed by atoms with Crippen molar-refractivity contribution in [1.82, 2.24) is 20.1 Å². The number of hydrogen-bond acceptors (Lipinski definition) is 4. The number of rotatable bonds is 7. The Labute approximate surface area is 231 Å². The van der Waals surface area contributed by atoms with Crippen LogP contribution in [0.3, 0.4) is 0 Å². The molecule has 2 amide bonds. The molecule has 0 fully saturated rings. The SMILES string of the molecule is Cc1cccc(CSc2nnc(C(C)NC(=O)Nc3ccccc3C(F)(F)F)n2-c2ccc(Cl)cc2Cl)c1. The molecule has 4 rings (SSSR count). The van der Waals surface area contributed by atoms with Gasteiger partial charge < -0.3 is 10.6 Å². The van der Waals surface area contributed by atoms with E-state index in [1.165, 1.54) is 30.0 Å². The fraction of sp³-hybridized carbons (Fsp3) is 0.192. The molecule has 1 aromatic heterocycles. The number of carbonyl (C=O) groups excluding carboxylic acids is 1. The molecule has 0 bridgehead atoms. The first-order chi connectivity index (χ1) is 18.0. The Hall–Kier alpha value is -3.21. The molecule has 3 aromatic carbocycles. The van der Waals surface area contributed by atoms with Crippen molar-refractivity contribution in [3.05, 3.63) is 99.3 Å². The van der Waals surface area contributed by atoms with Crippen LogP contribution in [0.2, 0.25) is 10.0 Å². The Kier molecular flexibility index (Phi) is 8.54. The Balaban J connectivity index is 1.61. The highest BCUT2D eigenvalue weighted by atomic mass is 35.5. The quantitative estimate of drug-likeness (QED) is 0.217. The van der Waals surface area contributed by atoms with E-state index >= 15 is 0 Å². The summed E-state index contributed by atoms with van der Waals surface area (Å²) in [6, 6.07) is 16.2. The second-order valence-corrected chi connectivity index (χ2v) is 10.2. The first-order valence-electron chi connectivity index (χ1n) is 11.4. The molecule has 0 radical (unpaired) electrons. The summed E-state index contributed by atoms with van der Waals surface area (Å²) in [6.45, 7) is 3.66. The number of para-hydroxylation sites is 1. The first kappa shape index (κ1) is 27.8. The Morgan fingerprint density at radius 1 is 1.05 bits per heavy atom. The largest absolute Gasteiger partial charge is 0.418 e. The van der Waals surface area contributed by atoms with Crippen molar-refractivity contribution in [3.8, 4) is 5.69 Å². The zero-order chi connectivity index (χ0) is 27.4. The molecular formula is C26H22Cl2F3N5OS. The molecule has 0 aliphatic rings. The molecule has 198 valence electrons. The summed E-state index contributed by atoms with van der Waals surface area (Å²) in [5.41, 5.74) is 1.44. The molecule has 4 aromatic rings. The lowest BCUT2D eigenvalue weighted by atomic mass is 10.1. The van der Waals surface area contributed by atoms with Gasteiger partial charge in [0.2, 0.25) is 0 Å². The monoisotopic (exact) mass is 579 g/mol. The normalized spacial score (nSPS) is 12.3. The minimum Gasteiger partial charge on any atom is -0.328 e. The van der Waals surface area contributed by atoms with E-state index in [1.54, 1.807) is 29.7 Å². The predicted octanol–water partition coefficient (Wildman–Crippen LogP) is 8.08. The summed E-state index contributed by atoms with van der Waals surface area (Å²) in [7, 11) is 0. The highest BCUT2D eigenvalue weighted by Gasteiger charge is 2.33. The lowest BCUT2D eigenvalue weighted by Crippen LogP contribution is -2.33. The summed E-state index contributed by atoms with van der Waals surface area (Å²) in [4.78, 5) is 12.7. The molecule has 2 N–H and O–H groups in total. The van der Waals surface area contributed by atoms with Crippen molar-refractivity contribution in [2.75, 3.05) is 5.32 Å². The van der Waals surface area contributed by atoms with Crippen molar-refractivity contribution in [1.29, 1.82) is 0 Å². The van der Waals surface area contributed by atoms with Gasteiger partial charge in [-0.25, -0.2) is 4.79 Å². The number of anilines is 1. The fourth-order valence-electron chi connectivity index (χ4n) is 3.75. The molecular weight excluding hydrogens is 558 g/mol. The van der Waals surface area contributed by atoms with Crippen LogP contribution in [0.15, 0.2) is 71.9 Å². The van der Waals surface area contributed by atoms with Gasteiger partial charge in [0.25, 0.3) is 0 Å². The lowest BCUT2D eigenvalue weighted by molar-refractivity contribution is -0.136. The zero-order valence-corrected chi connectivity index (χ0v) is 22.5. The Morgan fingerprint density at radius 3 is 2.53 bits per heavy atom. The molecule has 0 spiro atoms. The van der Waals surface area contributed by atoms with Crippen LogP contribution >= 0.6 is 35.0 Å². The number of nitrogens with zero attached hydrogens (tertiary/aromatic N) is 3. The number of halogens is 5. The molecule has 1 atom stereocenters. The van der Waals surface area contributed by atoms with Crippen LogP contribution in [0.1, 0.15) is 35.5 Å². The third-order valence-electron chi connectivity index (χ3n) is 5.48. The van der Waals surface area contributed by atoms with Gasteiger partial charge in [-0.15, -0.1) is 10.2 Å². The minimum atomic E-state index is -4.62. The molecule has 38 heavy (non-hydrogen) atoms. The van der Waals surface area contributed by atoms with Gasteiger partial charge in [-0.2, -0.15) is 13.2 Å². The molecule has 6 nitrogen and oxygen atoms in total. The van der Waals surface area contributed by atoms with Crippen LogP contribution < -0.4 is 10.6 Å². The van der Waals surface area contributed by atoms with Gasteiger partial charge in [-0.05, 0) is 49.7 Å². The predicted molar refractivity (Wildman–Crippen MR) is 144 cm³/mol. The Bertz CT molecular complexity index is 1460. The Morgan fingerprint density at radius 2 is 1.82 bits per heavy atom. The van der Waals surface area contributed by atoms with E-state index in [-0.39, 0.29) is 5.69 Å². The minimum absolute atomic E-state index is 0.334. The average Bonchev–Trinajstić information content (AvgIpc) is 3.26. The lowest BCUT2D eigenvalue weighted by Gasteiger charge is -2.19. The van der Waals surface area contributed by atoms with Gasteiger partial charge in [0.05, 0.1) is 28.0 Å². The summed E-state index contributed by atoms with van der Waals surface area (Å²) in [5.74, 6) is 0.932. The van der Waals surface area contributed by atoms with Crippen LogP contribution in [-0.2, 0) is 11.9 Å². The van der Waals surface area contributed by atoms with E-state index in [0.29, 0.717) is 32.5 Å². The summed E-state index contributed by atoms with van der Waals surface area (Å²) in [6.07, 6.45) is -4.62. The van der Waals surface area contributed by atoms with Crippen LogP contribution in [0.5, 0.6) is 0 Å². The van der Waals surface area contributed by atoms with Crippen molar-refractivity contribution in [3.63, 3.8) is 0 Å². The van der Waals surface area contributed by atoms with Crippen LogP contribution in [-0.4, -0.2) is 20.8 Å². The van der Waals surface area contributed by atoms with Gasteiger partial charge in [0, 0.05) is 10.8 Å². The molecule has 0 saturated carbocycles. The number of benzene rings is 3. The standard InChI is InChI=1S/C26H22Cl2F3N5OS/c1-15-6-5-7-17(12-15)14-38-25-35-34-23(36(25)22-11-10-18(27)13-20(22)28)16(2)32-24(37)33-21-9-4-3-8-19(21)26(29,30)31/h3-13,16H,14H2,1-2H3,(H2,32,33,37). The maximum Gasteiger partial charge on any atom is 0.418 e. The zero-order valence-electron chi connectivity index (χ0n) is 20.2. The smallest absolute Gasteiger partial charge is 0.328 e. The molecule has 0 aliphatic carbocycles. The van der Waals surface area contributed by atoms with E-state index in [1.807, 2.05) is 25.1 Å². The van der Waals surface area contributed by atoms with E-state index < -0.39 is 23.8 Å². The summed E-state index contributed by atoms with van der Waals surface area (Å²) >= 11 is 14.0. The van der Waals surface area contributed by atoms with E-state index in [9.17, 15) is 18.0 Å². The van der Waals surface area contributed by atoms with Crippen molar-refractivity contribution < 1.29 is 18.0 Å². The van der Waals surface area contributed by atoms with Crippen LogP contribution in [0.25, 0.3) is 5.69 Å². The number of nitrogens with one attached hydrogen (secondary N) is 2. The van der Waals surface area contributed by atoms with Crippen molar-refractivity contribution in [2.45, 2.75) is 37.0 Å². The van der Waals surface area contributed by atoms with Crippen LogP contribution in [0.4, 0.5) is 23.7 Å². The fourth-order valence-corrected chi connectivity index (χ4v) is 5.14. The van der Waals surface area contributed by atoms with Gasteiger partial charge in [0.1, 0.15) is 0 Å². The molecule has 1 heterocycles. The number of amides is 2. The maximum absolute atomic E-state index is 13.3.